The highest BCUT2D eigenvalue weighted by atomic mass is 16.6. The van der Waals surface area contributed by atoms with Crippen LogP contribution in [0.3, 0.4) is 0 Å². The molecule has 0 saturated carbocycles. The summed E-state index contributed by atoms with van der Waals surface area (Å²) in [6, 6.07) is 7.66. The number of primary amides is 1. The van der Waals surface area contributed by atoms with Crippen LogP contribution in [0.15, 0.2) is 41.0 Å². The Bertz CT molecular complexity index is 733. The third kappa shape index (κ3) is 3.97. The number of esters is 1. The number of rotatable bonds is 5. The van der Waals surface area contributed by atoms with Gasteiger partial charge in [-0.2, -0.15) is 0 Å². The monoisotopic (exact) mass is 316 g/mol. The average molecular weight is 316 g/mol. The first kappa shape index (κ1) is 16.3. The minimum atomic E-state index is -1.01. The summed E-state index contributed by atoms with van der Waals surface area (Å²) in [6.07, 6.45) is 0.361. The Morgan fingerprint density at radius 2 is 1.83 bits per heavy atom. The van der Waals surface area contributed by atoms with E-state index in [9.17, 15) is 14.4 Å². The first-order chi connectivity index (χ1) is 10.9. The van der Waals surface area contributed by atoms with Gasteiger partial charge in [0.25, 0.3) is 5.91 Å². The number of carbonyl (C=O) groups excluding carboxylic acids is 3. The van der Waals surface area contributed by atoms with Crippen LogP contribution < -0.4 is 11.1 Å². The fraction of sp³-hybridized carbons (Fsp3) is 0.188. The van der Waals surface area contributed by atoms with E-state index >= 15 is 0 Å². The third-order valence-corrected chi connectivity index (χ3v) is 3.14. The molecule has 0 spiro atoms. The zero-order chi connectivity index (χ0) is 17.0. The number of amides is 2. The maximum Gasteiger partial charge on any atom is 0.375 e. The number of aryl methyl sites for hydroxylation is 1. The Hall–Kier alpha value is -3.09. The van der Waals surface area contributed by atoms with E-state index in [0.717, 1.165) is 0 Å². The number of anilines is 1. The van der Waals surface area contributed by atoms with Crippen molar-refractivity contribution in [1.29, 1.82) is 0 Å². The summed E-state index contributed by atoms with van der Waals surface area (Å²) in [4.78, 5) is 34.8. The lowest BCUT2D eigenvalue weighted by atomic mass is 10.2. The van der Waals surface area contributed by atoms with Gasteiger partial charge in [0.2, 0.25) is 11.7 Å². The molecule has 23 heavy (non-hydrogen) atoms. The Balaban J connectivity index is 1.96. The van der Waals surface area contributed by atoms with Crippen molar-refractivity contribution in [2.75, 3.05) is 5.32 Å². The van der Waals surface area contributed by atoms with Gasteiger partial charge in [-0.05, 0) is 44.2 Å². The predicted octanol–water partition coefficient (Wildman–Crippen LogP) is 1.87. The number of hydrogen-bond donors (Lipinski definition) is 2. The molecule has 0 aliphatic carbocycles. The lowest BCUT2D eigenvalue weighted by Crippen LogP contribution is -2.30. The summed E-state index contributed by atoms with van der Waals surface area (Å²) in [6.45, 7) is 3.15. The number of hydrogen-bond acceptors (Lipinski definition) is 5. The maximum atomic E-state index is 12.0. The van der Waals surface area contributed by atoms with Crippen molar-refractivity contribution in [2.45, 2.75) is 20.0 Å². The minimum absolute atomic E-state index is 0.0652. The highest BCUT2D eigenvalue weighted by Crippen LogP contribution is 2.13. The molecule has 1 heterocycles. The number of benzene rings is 1. The zero-order valence-corrected chi connectivity index (χ0v) is 12.7. The molecule has 2 rings (SSSR count). The van der Waals surface area contributed by atoms with Gasteiger partial charge in [0.05, 0.1) is 6.26 Å². The first-order valence-corrected chi connectivity index (χ1v) is 6.84. The average Bonchev–Trinajstić information content (AvgIpc) is 2.93. The van der Waals surface area contributed by atoms with Gasteiger partial charge in [-0.3, -0.25) is 9.59 Å². The number of nitrogens with one attached hydrogen (secondary N) is 1. The van der Waals surface area contributed by atoms with Crippen LogP contribution in [0.2, 0.25) is 0 Å². The van der Waals surface area contributed by atoms with Crippen molar-refractivity contribution in [1.82, 2.24) is 0 Å². The lowest BCUT2D eigenvalue weighted by Gasteiger charge is -2.13. The van der Waals surface area contributed by atoms with Crippen LogP contribution >= 0.6 is 0 Å². The molecule has 1 aromatic carbocycles. The van der Waals surface area contributed by atoms with E-state index in [-0.39, 0.29) is 5.76 Å². The molecule has 0 fully saturated rings. The normalized spacial score (nSPS) is 11.6. The van der Waals surface area contributed by atoms with E-state index in [1.807, 2.05) is 0 Å². The topological polar surface area (TPSA) is 112 Å². The first-order valence-electron chi connectivity index (χ1n) is 6.84. The third-order valence-electron chi connectivity index (χ3n) is 3.14. The lowest BCUT2D eigenvalue weighted by molar-refractivity contribution is -0.123. The van der Waals surface area contributed by atoms with Gasteiger partial charge in [-0.1, -0.05) is 0 Å². The van der Waals surface area contributed by atoms with Crippen LogP contribution in [0.4, 0.5) is 5.69 Å². The van der Waals surface area contributed by atoms with E-state index in [2.05, 4.69) is 5.32 Å². The SMILES string of the molecule is Cc1ccoc1C(=O)O[C@H](C)C(=O)Nc1ccc(C(N)=O)cc1. The molecule has 0 saturated heterocycles. The summed E-state index contributed by atoms with van der Waals surface area (Å²) in [5, 5.41) is 2.57. The quantitative estimate of drug-likeness (QED) is 0.818. The maximum absolute atomic E-state index is 12.0. The van der Waals surface area contributed by atoms with Crippen molar-refractivity contribution in [3.8, 4) is 0 Å². The second kappa shape index (κ2) is 6.78. The summed E-state index contributed by atoms with van der Waals surface area (Å²) >= 11 is 0. The molecule has 0 aliphatic rings. The van der Waals surface area contributed by atoms with Crippen molar-refractivity contribution in [3.63, 3.8) is 0 Å². The Morgan fingerprint density at radius 1 is 1.17 bits per heavy atom. The number of carbonyl (C=O) groups is 3. The largest absolute Gasteiger partial charge is 0.457 e. The molecule has 0 radical (unpaired) electrons. The Kier molecular flexibility index (Phi) is 4.80. The molecule has 7 heteroatoms. The van der Waals surface area contributed by atoms with Crippen LogP contribution in [0.25, 0.3) is 0 Å². The van der Waals surface area contributed by atoms with Crippen LogP contribution in [-0.4, -0.2) is 23.9 Å². The minimum Gasteiger partial charge on any atom is -0.457 e. The number of ether oxygens (including phenoxy) is 1. The molecule has 0 aliphatic heterocycles. The van der Waals surface area contributed by atoms with Crippen LogP contribution in [-0.2, 0) is 9.53 Å². The van der Waals surface area contributed by atoms with Crippen LogP contribution in [0.5, 0.6) is 0 Å². The van der Waals surface area contributed by atoms with Gasteiger partial charge < -0.3 is 20.2 Å². The molecule has 2 amide bonds. The van der Waals surface area contributed by atoms with Crippen LogP contribution in [0, 0.1) is 6.92 Å². The summed E-state index contributed by atoms with van der Waals surface area (Å²) in [7, 11) is 0. The van der Waals surface area contributed by atoms with Gasteiger partial charge in [0.1, 0.15) is 0 Å². The second-order valence-electron chi connectivity index (χ2n) is 4.91. The van der Waals surface area contributed by atoms with Gasteiger partial charge in [-0.15, -0.1) is 0 Å². The number of nitrogens with two attached hydrogens (primary N) is 1. The predicted molar refractivity (Wildman–Crippen MR) is 81.9 cm³/mol. The molecule has 7 nitrogen and oxygen atoms in total. The van der Waals surface area contributed by atoms with Gasteiger partial charge >= 0.3 is 5.97 Å². The van der Waals surface area contributed by atoms with Gasteiger partial charge in [-0.25, -0.2) is 4.79 Å². The summed E-state index contributed by atoms with van der Waals surface area (Å²) < 4.78 is 10.1. The van der Waals surface area contributed by atoms with E-state index in [4.69, 9.17) is 14.9 Å². The van der Waals surface area contributed by atoms with E-state index in [0.29, 0.717) is 16.8 Å². The molecular formula is C16H16N2O5. The van der Waals surface area contributed by atoms with Crippen molar-refractivity contribution in [2.24, 2.45) is 5.73 Å². The van der Waals surface area contributed by atoms with Crippen molar-refractivity contribution in [3.05, 3.63) is 53.5 Å². The molecule has 120 valence electrons. The van der Waals surface area contributed by atoms with Gasteiger partial charge in [0, 0.05) is 16.8 Å². The molecule has 2 aromatic rings. The summed E-state index contributed by atoms with van der Waals surface area (Å²) in [5.41, 5.74) is 6.55. The fourth-order valence-corrected chi connectivity index (χ4v) is 1.81. The van der Waals surface area contributed by atoms with Gasteiger partial charge in [0.15, 0.2) is 6.10 Å². The number of furan rings is 1. The van der Waals surface area contributed by atoms with E-state index in [1.165, 1.54) is 37.5 Å². The second-order valence-corrected chi connectivity index (χ2v) is 4.91. The molecule has 3 N–H and O–H groups in total. The van der Waals surface area contributed by atoms with Crippen molar-refractivity contribution < 1.29 is 23.5 Å². The smallest absolute Gasteiger partial charge is 0.375 e. The molecule has 0 bridgehead atoms. The molecule has 0 unspecified atom stereocenters. The standard InChI is InChI=1S/C16H16N2O5/c1-9-7-8-22-13(9)16(21)23-10(2)15(20)18-12-5-3-11(4-6-12)14(17)19/h3-8,10H,1-2H3,(H2,17,19)(H,18,20)/t10-/m1/s1. The molecular weight excluding hydrogens is 300 g/mol. The zero-order valence-electron chi connectivity index (χ0n) is 12.7. The molecule has 1 atom stereocenters. The highest BCUT2D eigenvalue weighted by Gasteiger charge is 2.22. The molecule has 1 aromatic heterocycles. The Labute approximate surface area is 132 Å². The summed E-state index contributed by atoms with van der Waals surface area (Å²) in [5.74, 6) is -1.71. The van der Waals surface area contributed by atoms with Crippen LogP contribution in [0.1, 0.15) is 33.4 Å². The Morgan fingerprint density at radius 3 is 2.35 bits per heavy atom. The fourth-order valence-electron chi connectivity index (χ4n) is 1.81. The van der Waals surface area contributed by atoms with E-state index in [1.54, 1.807) is 13.0 Å². The van der Waals surface area contributed by atoms with Crippen molar-refractivity contribution >= 4 is 23.5 Å². The highest BCUT2D eigenvalue weighted by molar-refractivity contribution is 5.98. The van der Waals surface area contributed by atoms with E-state index < -0.39 is 23.9 Å².